The van der Waals surface area contributed by atoms with Crippen molar-refractivity contribution in [3.63, 3.8) is 0 Å². The Morgan fingerprint density at radius 3 is 2.17 bits per heavy atom. The maximum absolute atomic E-state index is 5.89. The maximum Gasteiger partial charge on any atom is 0.500 e. The molecule has 1 saturated carbocycles. The van der Waals surface area contributed by atoms with Gasteiger partial charge in [0.05, 0.1) is 0 Å². The van der Waals surface area contributed by atoms with Crippen LogP contribution in [0.5, 0.6) is 0 Å². The second-order valence-electron chi connectivity index (χ2n) is 6.42. The topological polar surface area (TPSA) is 65.7 Å². The molecule has 0 bridgehead atoms. The van der Waals surface area contributed by atoms with E-state index in [1.54, 1.807) is 0 Å². The Balaban J connectivity index is 2.24. The van der Waals surface area contributed by atoms with E-state index in [1.165, 1.54) is 25.7 Å². The molecule has 6 heteroatoms. The Kier molecular flexibility index (Phi) is 11.3. The highest BCUT2D eigenvalue weighted by atomic mass is 28.4. The average Bonchev–Trinajstić information content (AvgIpc) is 2.55. The molecule has 2 atom stereocenters. The van der Waals surface area contributed by atoms with Gasteiger partial charge in [0.1, 0.15) is 0 Å². The third kappa shape index (κ3) is 8.09. The molecule has 0 aromatic rings. The molecule has 23 heavy (non-hydrogen) atoms. The van der Waals surface area contributed by atoms with Crippen molar-refractivity contribution in [1.82, 2.24) is 5.32 Å². The first-order valence-electron chi connectivity index (χ1n) is 9.52. The van der Waals surface area contributed by atoms with Crippen LogP contribution in [0.15, 0.2) is 0 Å². The standard InChI is InChI=1S/C17H38N2O3Si/c1-4-20-23(21-5-2,22-6-3)12-8-11-19-15-17-10-7-9-16(13-17)14-18/h16-17,19H,4-15,18H2,1-3H3. The molecule has 3 N–H and O–H groups in total. The van der Waals surface area contributed by atoms with Crippen molar-refractivity contribution >= 4 is 8.80 Å². The van der Waals surface area contributed by atoms with E-state index in [9.17, 15) is 0 Å². The lowest BCUT2D eigenvalue weighted by molar-refractivity contribution is 0.0708. The van der Waals surface area contributed by atoms with Gasteiger partial charge in [-0.15, -0.1) is 0 Å². The third-order valence-electron chi connectivity index (χ3n) is 4.59. The molecule has 0 aliphatic heterocycles. The smallest absolute Gasteiger partial charge is 0.374 e. The highest BCUT2D eigenvalue weighted by Gasteiger charge is 2.39. The highest BCUT2D eigenvalue weighted by molar-refractivity contribution is 6.60. The summed E-state index contributed by atoms with van der Waals surface area (Å²) in [6.07, 6.45) is 6.33. The predicted octanol–water partition coefficient (Wildman–Crippen LogP) is 2.78. The molecular formula is C17H38N2O3Si. The van der Waals surface area contributed by atoms with Crippen LogP contribution in [-0.2, 0) is 13.3 Å². The SMILES string of the molecule is CCO[Si](CCCNCC1CCCC(CN)C1)(OCC)OCC. The molecule has 0 heterocycles. The number of hydrogen-bond donors (Lipinski definition) is 2. The van der Waals surface area contributed by atoms with Crippen molar-refractivity contribution in [2.24, 2.45) is 17.6 Å². The van der Waals surface area contributed by atoms with Gasteiger partial charge in [-0.2, -0.15) is 0 Å². The zero-order chi connectivity index (χ0) is 17.0. The Hall–Kier alpha value is 0.0169. The fourth-order valence-corrected chi connectivity index (χ4v) is 6.15. The molecule has 2 unspecified atom stereocenters. The summed E-state index contributed by atoms with van der Waals surface area (Å²) in [4.78, 5) is 0. The van der Waals surface area contributed by atoms with Crippen LogP contribution in [-0.4, -0.2) is 48.3 Å². The first-order chi connectivity index (χ1) is 11.2. The van der Waals surface area contributed by atoms with Crippen LogP contribution in [0, 0.1) is 11.8 Å². The first-order valence-corrected chi connectivity index (χ1v) is 11.4. The van der Waals surface area contributed by atoms with Gasteiger partial charge in [0.2, 0.25) is 0 Å². The summed E-state index contributed by atoms with van der Waals surface area (Å²) >= 11 is 0. The van der Waals surface area contributed by atoms with Crippen molar-refractivity contribution in [2.75, 3.05) is 39.5 Å². The normalized spacial score (nSPS) is 22.4. The van der Waals surface area contributed by atoms with Crippen LogP contribution < -0.4 is 11.1 Å². The van der Waals surface area contributed by atoms with Gasteiger partial charge in [0.15, 0.2) is 0 Å². The van der Waals surface area contributed by atoms with Crippen LogP contribution in [0.3, 0.4) is 0 Å². The van der Waals surface area contributed by atoms with E-state index in [-0.39, 0.29) is 0 Å². The molecule has 0 spiro atoms. The molecule has 1 fully saturated rings. The van der Waals surface area contributed by atoms with E-state index < -0.39 is 8.80 Å². The van der Waals surface area contributed by atoms with E-state index >= 15 is 0 Å². The van der Waals surface area contributed by atoms with Crippen LogP contribution in [0.1, 0.15) is 52.9 Å². The van der Waals surface area contributed by atoms with Crippen molar-refractivity contribution in [3.05, 3.63) is 0 Å². The van der Waals surface area contributed by atoms with Crippen molar-refractivity contribution in [3.8, 4) is 0 Å². The molecule has 1 rings (SSSR count). The van der Waals surface area contributed by atoms with E-state index in [2.05, 4.69) is 5.32 Å². The number of nitrogens with two attached hydrogens (primary N) is 1. The molecule has 0 radical (unpaired) electrons. The maximum atomic E-state index is 5.89. The van der Waals surface area contributed by atoms with Gasteiger partial charge in [0, 0.05) is 25.9 Å². The fourth-order valence-electron chi connectivity index (χ4n) is 3.54. The number of rotatable bonds is 13. The van der Waals surface area contributed by atoms with E-state index in [4.69, 9.17) is 19.0 Å². The average molecular weight is 347 g/mol. The van der Waals surface area contributed by atoms with E-state index in [0.29, 0.717) is 19.8 Å². The molecule has 0 aromatic heterocycles. The van der Waals surface area contributed by atoms with Crippen molar-refractivity contribution < 1.29 is 13.3 Å². The van der Waals surface area contributed by atoms with Crippen LogP contribution in [0.25, 0.3) is 0 Å². The summed E-state index contributed by atoms with van der Waals surface area (Å²) in [6, 6.07) is 0.894. The van der Waals surface area contributed by atoms with Crippen molar-refractivity contribution in [1.29, 1.82) is 0 Å². The molecular weight excluding hydrogens is 308 g/mol. The Labute approximate surface area is 144 Å². The molecule has 138 valence electrons. The van der Waals surface area contributed by atoms with Gasteiger partial charge in [-0.05, 0) is 77.9 Å². The Morgan fingerprint density at radius 2 is 1.61 bits per heavy atom. The van der Waals surface area contributed by atoms with Gasteiger partial charge in [0.25, 0.3) is 0 Å². The highest BCUT2D eigenvalue weighted by Crippen LogP contribution is 2.27. The zero-order valence-corrected chi connectivity index (χ0v) is 16.4. The van der Waals surface area contributed by atoms with E-state index in [0.717, 1.165) is 43.9 Å². The summed E-state index contributed by atoms with van der Waals surface area (Å²) in [5.74, 6) is 1.54. The lowest BCUT2D eigenvalue weighted by atomic mass is 9.81. The molecule has 0 saturated heterocycles. The van der Waals surface area contributed by atoms with Gasteiger partial charge in [-0.25, -0.2) is 0 Å². The van der Waals surface area contributed by atoms with Crippen LogP contribution >= 0.6 is 0 Å². The quantitative estimate of drug-likeness (QED) is 0.396. The van der Waals surface area contributed by atoms with Gasteiger partial charge < -0.3 is 24.3 Å². The minimum absolute atomic E-state index is 0.655. The summed E-state index contributed by atoms with van der Waals surface area (Å²) in [5.41, 5.74) is 5.82. The minimum Gasteiger partial charge on any atom is -0.374 e. The molecule has 1 aliphatic rings. The molecule has 1 aliphatic carbocycles. The summed E-state index contributed by atoms with van der Waals surface area (Å²) < 4.78 is 17.7. The zero-order valence-electron chi connectivity index (χ0n) is 15.4. The molecule has 0 aromatic carbocycles. The van der Waals surface area contributed by atoms with Crippen molar-refractivity contribution in [2.45, 2.75) is 58.9 Å². The number of nitrogens with one attached hydrogen (secondary N) is 1. The predicted molar refractivity (Wildman–Crippen MR) is 97.4 cm³/mol. The first kappa shape index (κ1) is 21.1. The lowest BCUT2D eigenvalue weighted by Crippen LogP contribution is -2.46. The van der Waals surface area contributed by atoms with Gasteiger partial charge >= 0.3 is 8.80 Å². The van der Waals surface area contributed by atoms with Gasteiger partial charge in [-0.1, -0.05) is 6.42 Å². The van der Waals surface area contributed by atoms with E-state index in [1.807, 2.05) is 20.8 Å². The van der Waals surface area contributed by atoms with Crippen LogP contribution in [0.4, 0.5) is 0 Å². The number of hydrogen-bond acceptors (Lipinski definition) is 5. The summed E-state index contributed by atoms with van der Waals surface area (Å²) in [7, 11) is -2.46. The molecule has 0 amide bonds. The van der Waals surface area contributed by atoms with Gasteiger partial charge in [-0.3, -0.25) is 0 Å². The monoisotopic (exact) mass is 346 g/mol. The third-order valence-corrected chi connectivity index (χ3v) is 7.74. The summed E-state index contributed by atoms with van der Waals surface area (Å²) in [6.45, 7) is 11.0. The summed E-state index contributed by atoms with van der Waals surface area (Å²) in [5, 5.41) is 3.61. The lowest BCUT2D eigenvalue weighted by Gasteiger charge is -2.29. The Morgan fingerprint density at radius 1 is 1.00 bits per heavy atom. The Bertz CT molecular complexity index is 278. The van der Waals surface area contributed by atoms with Crippen LogP contribution in [0.2, 0.25) is 6.04 Å². The fraction of sp³-hybridized carbons (Fsp3) is 1.00. The largest absolute Gasteiger partial charge is 0.500 e. The second kappa shape index (κ2) is 12.4. The minimum atomic E-state index is -2.46. The second-order valence-corrected chi connectivity index (χ2v) is 9.16. The molecule has 5 nitrogen and oxygen atoms in total.